The van der Waals surface area contributed by atoms with Crippen LogP contribution < -0.4 is 0 Å². The fraction of sp³-hybridized carbons (Fsp3) is 0.704. The molecule has 0 spiro atoms. The summed E-state index contributed by atoms with van der Waals surface area (Å²) in [4.78, 5) is 16.8. The van der Waals surface area contributed by atoms with Gasteiger partial charge in [-0.15, -0.1) is 0 Å². The third kappa shape index (κ3) is 13.6. The van der Waals surface area contributed by atoms with Crippen LogP contribution in [-0.4, -0.2) is 24.3 Å². The summed E-state index contributed by atoms with van der Waals surface area (Å²) >= 11 is 0. The summed E-state index contributed by atoms with van der Waals surface area (Å²) in [5, 5.41) is 0. The summed E-state index contributed by atoms with van der Waals surface area (Å²) in [7, 11) is 0. The van der Waals surface area contributed by atoms with E-state index in [4.69, 9.17) is 4.74 Å². The summed E-state index contributed by atoms with van der Waals surface area (Å²) in [6.07, 6.45) is 4.86. The largest absolute Gasteiger partial charge is 0.461 e. The minimum absolute atomic E-state index is 0.0548. The highest BCUT2D eigenvalue weighted by molar-refractivity contribution is 5.78. The van der Waals surface area contributed by atoms with Gasteiger partial charge < -0.3 is 4.74 Å². The molecular formula is C27H49NO2. The number of carbonyl (C=O) groups is 1. The molecule has 30 heavy (non-hydrogen) atoms. The van der Waals surface area contributed by atoms with Crippen molar-refractivity contribution in [3.63, 3.8) is 0 Å². The summed E-state index contributed by atoms with van der Waals surface area (Å²) in [6, 6.07) is 8.36. The Balaban J connectivity index is 0. The van der Waals surface area contributed by atoms with Gasteiger partial charge in [0.1, 0.15) is 6.04 Å². The van der Waals surface area contributed by atoms with Gasteiger partial charge in [-0.3, -0.25) is 4.99 Å². The van der Waals surface area contributed by atoms with Crippen LogP contribution in [0, 0.1) is 11.8 Å². The van der Waals surface area contributed by atoms with Gasteiger partial charge in [-0.1, -0.05) is 99.9 Å². The topological polar surface area (TPSA) is 38.7 Å². The van der Waals surface area contributed by atoms with E-state index in [9.17, 15) is 4.79 Å². The van der Waals surface area contributed by atoms with E-state index in [0.29, 0.717) is 5.92 Å². The Bertz CT molecular complexity index is 561. The Hall–Kier alpha value is -1.64. The predicted octanol–water partition coefficient (Wildman–Crippen LogP) is 7.87. The minimum Gasteiger partial charge on any atom is -0.461 e. The van der Waals surface area contributed by atoms with Crippen molar-refractivity contribution >= 4 is 12.2 Å². The average molecular weight is 420 g/mol. The van der Waals surface area contributed by atoms with Crippen molar-refractivity contribution < 1.29 is 9.53 Å². The second-order valence-corrected chi connectivity index (χ2v) is 8.43. The van der Waals surface area contributed by atoms with Gasteiger partial charge in [0.2, 0.25) is 0 Å². The van der Waals surface area contributed by atoms with Crippen molar-refractivity contribution in [3.05, 3.63) is 35.4 Å². The van der Waals surface area contributed by atoms with E-state index >= 15 is 0 Å². The molecule has 0 heterocycles. The number of hydrogen-bond donors (Lipinski definition) is 0. The van der Waals surface area contributed by atoms with Crippen molar-refractivity contribution in [1.82, 2.24) is 0 Å². The van der Waals surface area contributed by atoms with Gasteiger partial charge in [0, 0.05) is 6.21 Å². The number of aliphatic imine (C=N–C) groups is 1. The first-order valence-electron chi connectivity index (χ1n) is 12.0. The number of carbonyl (C=O) groups excluding carboxylic acids is 1. The van der Waals surface area contributed by atoms with E-state index in [1.807, 2.05) is 47.8 Å². The lowest BCUT2D eigenvalue weighted by Gasteiger charge is -2.19. The first-order valence-corrected chi connectivity index (χ1v) is 12.0. The fourth-order valence-corrected chi connectivity index (χ4v) is 2.56. The molecule has 0 amide bonds. The van der Waals surface area contributed by atoms with E-state index in [0.717, 1.165) is 12.8 Å². The standard InChI is InChI=1S/C22H35NO2.C3H8.C2H6/c1-8-18(7)25-22(24)21(16(4)5)23-14-17(6)13-19-9-11-20(12-10-19)15(2)3;1-3-2;1-2/h9-12,14-18,21H,8,13H2,1-7H3;3H2,1-2H3;1-2H3. The summed E-state index contributed by atoms with van der Waals surface area (Å²) < 4.78 is 5.46. The number of benzene rings is 1. The zero-order chi connectivity index (χ0) is 23.7. The smallest absolute Gasteiger partial charge is 0.331 e. The molecule has 3 unspecified atom stereocenters. The van der Waals surface area contributed by atoms with Crippen LogP contribution in [0.15, 0.2) is 29.3 Å². The Morgan fingerprint density at radius 3 is 1.87 bits per heavy atom. The lowest BCUT2D eigenvalue weighted by atomic mass is 9.97. The second kappa shape index (κ2) is 18.2. The molecule has 1 rings (SSSR count). The normalized spacial score (nSPS) is 13.8. The number of nitrogens with zero attached hydrogens (tertiary/aromatic N) is 1. The highest BCUT2D eigenvalue weighted by Gasteiger charge is 2.24. The Labute approximate surface area is 187 Å². The minimum atomic E-state index is -0.417. The molecule has 3 atom stereocenters. The van der Waals surface area contributed by atoms with E-state index in [2.05, 4.69) is 63.9 Å². The van der Waals surface area contributed by atoms with Crippen molar-refractivity contribution in [2.45, 2.75) is 113 Å². The van der Waals surface area contributed by atoms with Gasteiger partial charge in [-0.25, -0.2) is 4.79 Å². The quantitative estimate of drug-likeness (QED) is 0.302. The molecule has 0 aromatic heterocycles. The van der Waals surface area contributed by atoms with Crippen LogP contribution >= 0.6 is 0 Å². The van der Waals surface area contributed by atoms with Crippen molar-refractivity contribution in [2.75, 3.05) is 0 Å². The van der Waals surface area contributed by atoms with E-state index in [-0.39, 0.29) is 23.9 Å². The van der Waals surface area contributed by atoms with Gasteiger partial charge in [-0.05, 0) is 48.6 Å². The molecule has 0 saturated heterocycles. The molecule has 0 aliphatic carbocycles. The van der Waals surface area contributed by atoms with Gasteiger partial charge in [0.25, 0.3) is 0 Å². The molecule has 3 nitrogen and oxygen atoms in total. The maximum atomic E-state index is 12.3. The third-order valence-electron chi connectivity index (χ3n) is 4.47. The van der Waals surface area contributed by atoms with Crippen LogP contribution in [0.25, 0.3) is 0 Å². The van der Waals surface area contributed by atoms with Gasteiger partial charge in [-0.2, -0.15) is 0 Å². The fourth-order valence-electron chi connectivity index (χ4n) is 2.56. The molecule has 0 aliphatic heterocycles. The highest BCUT2D eigenvalue weighted by atomic mass is 16.5. The molecule has 1 aromatic carbocycles. The first kappa shape index (κ1) is 30.6. The zero-order valence-electron chi connectivity index (χ0n) is 21.7. The maximum absolute atomic E-state index is 12.3. The number of hydrogen-bond acceptors (Lipinski definition) is 3. The summed E-state index contributed by atoms with van der Waals surface area (Å²) in [6.45, 7) is 22.7. The van der Waals surface area contributed by atoms with Crippen molar-refractivity contribution in [3.8, 4) is 0 Å². The number of esters is 1. The molecule has 174 valence electrons. The zero-order valence-corrected chi connectivity index (χ0v) is 21.7. The van der Waals surface area contributed by atoms with Crippen LogP contribution in [0.1, 0.15) is 106 Å². The molecule has 0 N–H and O–H groups in total. The molecule has 0 aliphatic rings. The van der Waals surface area contributed by atoms with E-state index in [1.165, 1.54) is 17.5 Å². The molecule has 0 bridgehead atoms. The lowest BCUT2D eigenvalue weighted by Crippen LogP contribution is -2.30. The van der Waals surface area contributed by atoms with Crippen LogP contribution in [0.5, 0.6) is 0 Å². The molecule has 0 radical (unpaired) electrons. The molecular weight excluding hydrogens is 370 g/mol. The van der Waals surface area contributed by atoms with Crippen molar-refractivity contribution in [1.29, 1.82) is 0 Å². The lowest BCUT2D eigenvalue weighted by molar-refractivity contribution is -0.150. The van der Waals surface area contributed by atoms with Gasteiger partial charge in [0.15, 0.2) is 0 Å². The monoisotopic (exact) mass is 419 g/mol. The second-order valence-electron chi connectivity index (χ2n) is 8.43. The Morgan fingerprint density at radius 2 is 1.47 bits per heavy atom. The molecule has 0 fully saturated rings. The maximum Gasteiger partial charge on any atom is 0.331 e. The number of rotatable bonds is 9. The molecule has 1 aromatic rings. The molecule has 3 heteroatoms. The van der Waals surface area contributed by atoms with Crippen molar-refractivity contribution in [2.24, 2.45) is 16.8 Å². The van der Waals surface area contributed by atoms with E-state index in [1.54, 1.807) is 0 Å². The number of ether oxygens (including phenoxy) is 1. The Kier molecular flexibility index (Phi) is 18.5. The highest BCUT2D eigenvalue weighted by Crippen LogP contribution is 2.17. The van der Waals surface area contributed by atoms with Gasteiger partial charge >= 0.3 is 5.97 Å². The SMILES string of the molecule is CC.CCC.CCC(C)OC(=O)C(N=CC(C)Cc1ccc(C(C)C)cc1)C(C)C. The average Bonchev–Trinajstić information content (AvgIpc) is 2.70. The molecule has 0 saturated carbocycles. The van der Waals surface area contributed by atoms with Crippen LogP contribution in [0.3, 0.4) is 0 Å². The first-order chi connectivity index (χ1) is 14.2. The summed E-state index contributed by atoms with van der Waals surface area (Å²) in [5.74, 6) is 0.748. The predicted molar refractivity (Wildman–Crippen MR) is 134 cm³/mol. The van der Waals surface area contributed by atoms with Crippen LogP contribution in [0.2, 0.25) is 0 Å². The van der Waals surface area contributed by atoms with Gasteiger partial charge in [0.05, 0.1) is 6.10 Å². The Morgan fingerprint density at radius 1 is 0.967 bits per heavy atom. The van der Waals surface area contributed by atoms with Crippen LogP contribution in [-0.2, 0) is 16.0 Å². The van der Waals surface area contributed by atoms with E-state index < -0.39 is 6.04 Å². The van der Waals surface area contributed by atoms with Crippen LogP contribution in [0.4, 0.5) is 0 Å². The third-order valence-corrected chi connectivity index (χ3v) is 4.47. The summed E-state index contributed by atoms with van der Waals surface area (Å²) in [5.41, 5.74) is 2.66.